The lowest BCUT2D eigenvalue weighted by Crippen LogP contribution is -2.22. The summed E-state index contributed by atoms with van der Waals surface area (Å²) in [5, 5.41) is 9.46. The zero-order chi connectivity index (χ0) is 15.1. The zero-order valence-electron chi connectivity index (χ0n) is 13.4. The summed E-state index contributed by atoms with van der Waals surface area (Å²) < 4.78 is 16.3. The van der Waals surface area contributed by atoms with Gasteiger partial charge in [0.05, 0.1) is 18.5 Å². The Kier molecular flexibility index (Phi) is 15.5. The Morgan fingerprint density at radius 1 is 0.950 bits per heavy atom. The van der Waals surface area contributed by atoms with Crippen molar-refractivity contribution in [2.75, 3.05) is 25.2 Å². The molecule has 0 aliphatic heterocycles. The molecule has 2 unspecified atom stereocenters. The van der Waals surface area contributed by atoms with Crippen molar-refractivity contribution in [1.29, 1.82) is 0 Å². The van der Waals surface area contributed by atoms with Crippen LogP contribution < -0.4 is 0 Å². The number of aliphatic hydroxyl groups excluding tert-OH is 1. The Hall–Kier alpha value is 0.0700. The zero-order valence-corrected chi connectivity index (χ0v) is 14.3. The van der Waals surface area contributed by atoms with E-state index in [0.717, 1.165) is 6.42 Å². The molecule has 0 spiro atoms. The molecule has 0 saturated heterocycles. The van der Waals surface area contributed by atoms with Crippen LogP contribution in [0.2, 0.25) is 0 Å². The van der Waals surface area contributed by atoms with Crippen molar-refractivity contribution >= 4 is 10.8 Å². The minimum atomic E-state index is -0.942. The molecule has 0 fully saturated rings. The van der Waals surface area contributed by atoms with E-state index < -0.39 is 16.9 Å². The highest BCUT2D eigenvalue weighted by atomic mass is 32.2. The first kappa shape index (κ1) is 20.1. The molecule has 0 aliphatic rings. The molecule has 4 heteroatoms. The van der Waals surface area contributed by atoms with Gasteiger partial charge in [0.15, 0.2) is 0 Å². The third-order valence-electron chi connectivity index (χ3n) is 3.38. The van der Waals surface area contributed by atoms with Crippen LogP contribution in [-0.2, 0) is 15.5 Å². The highest BCUT2D eigenvalue weighted by Crippen LogP contribution is 2.10. The van der Waals surface area contributed by atoms with Crippen molar-refractivity contribution in [3.05, 3.63) is 0 Å². The predicted octanol–water partition coefficient (Wildman–Crippen LogP) is 3.66. The topological polar surface area (TPSA) is 46.5 Å². The van der Waals surface area contributed by atoms with Crippen molar-refractivity contribution in [3.63, 3.8) is 0 Å². The first-order chi connectivity index (χ1) is 9.66. The lowest BCUT2D eigenvalue weighted by atomic mass is 10.1. The maximum absolute atomic E-state index is 10.9. The van der Waals surface area contributed by atoms with Crippen LogP contribution in [0.5, 0.6) is 0 Å². The van der Waals surface area contributed by atoms with Gasteiger partial charge in [0.25, 0.3) is 0 Å². The van der Waals surface area contributed by atoms with Crippen molar-refractivity contribution < 1.29 is 14.1 Å². The van der Waals surface area contributed by atoms with Gasteiger partial charge >= 0.3 is 0 Å². The van der Waals surface area contributed by atoms with Crippen molar-refractivity contribution in [2.24, 2.45) is 0 Å². The van der Waals surface area contributed by atoms with Gasteiger partial charge in [0.1, 0.15) is 0 Å². The van der Waals surface area contributed by atoms with Crippen LogP contribution in [0.25, 0.3) is 0 Å². The fourth-order valence-corrected chi connectivity index (χ4v) is 2.87. The molecule has 0 rings (SSSR count). The van der Waals surface area contributed by atoms with Gasteiger partial charge in [-0.05, 0) is 6.42 Å². The van der Waals surface area contributed by atoms with Gasteiger partial charge in [-0.15, -0.1) is 0 Å². The Morgan fingerprint density at radius 2 is 1.45 bits per heavy atom. The maximum atomic E-state index is 10.9. The molecule has 0 amide bonds. The van der Waals surface area contributed by atoms with Crippen molar-refractivity contribution in [2.45, 2.75) is 77.2 Å². The van der Waals surface area contributed by atoms with Gasteiger partial charge in [0.2, 0.25) is 0 Å². The molecule has 0 radical (unpaired) electrons. The van der Waals surface area contributed by atoms with Gasteiger partial charge in [-0.3, -0.25) is 4.21 Å². The summed E-state index contributed by atoms with van der Waals surface area (Å²) in [6.45, 7) is 3.28. The fraction of sp³-hybridized carbons (Fsp3) is 1.00. The molecule has 2 atom stereocenters. The number of aliphatic hydroxyl groups is 1. The smallest absolute Gasteiger partial charge is 0.0888 e. The minimum Gasteiger partial charge on any atom is -0.390 e. The Balaban J connectivity index is 3.08. The number of ether oxygens (including phenoxy) is 1. The van der Waals surface area contributed by atoms with E-state index in [1.54, 1.807) is 6.26 Å². The molecule has 20 heavy (non-hydrogen) atoms. The number of unbranched alkanes of at least 4 members (excludes halogenated alkanes) is 9. The molecule has 122 valence electrons. The second kappa shape index (κ2) is 15.5. The third-order valence-corrected chi connectivity index (χ3v) is 4.23. The SMILES string of the molecule is CCCCCCCCCCCCOCC(O)CS(C)=O. The van der Waals surface area contributed by atoms with Gasteiger partial charge in [-0.2, -0.15) is 0 Å². The van der Waals surface area contributed by atoms with Gasteiger partial charge in [-0.1, -0.05) is 64.7 Å². The van der Waals surface area contributed by atoms with Crippen LogP contribution in [0.1, 0.15) is 71.1 Å². The van der Waals surface area contributed by atoms with E-state index in [4.69, 9.17) is 4.74 Å². The predicted molar refractivity (Wildman–Crippen MR) is 87.6 cm³/mol. The van der Waals surface area contributed by atoms with Crippen LogP contribution in [0, 0.1) is 0 Å². The molecule has 0 aromatic heterocycles. The summed E-state index contributed by atoms with van der Waals surface area (Å²) in [4.78, 5) is 0. The molecule has 0 bridgehead atoms. The fourth-order valence-electron chi connectivity index (χ4n) is 2.23. The Labute approximate surface area is 127 Å². The quantitative estimate of drug-likeness (QED) is 0.470. The summed E-state index contributed by atoms with van der Waals surface area (Å²) in [5.41, 5.74) is 0. The molecule has 0 aromatic carbocycles. The van der Waals surface area contributed by atoms with Gasteiger partial charge in [0, 0.05) is 23.7 Å². The molecule has 0 saturated carbocycles. The van der Waals surface area contributed by atoms with Crippen LogP contribution >= 0.6 is 0 Å². The first-order valence-electron chi connectivity index (χ1n) is 8.22. The molecule has 0 aromatic rings. The van der Waals surface area contributed by atoms with E-state index >= 15 is 0 Å². The van der Waals surface area contributed by atoms with E-state index in [2.05, 4.69) is 6.92 Å². The minimum absolute atomic E-state index is 0.316. The van der Waals surface area contributed by atoms with E-state index in [-0.39, 0.29) is 0 Å². The molecule has 1 N–H and O–H groups in total. The molecular weight excluding hydrogens is 272 g/mol. The standard InChI is InChI=1S/C16H34O3S/c1-3-4-5-6-7-8-9-10-11-12-13-19-14-16(17)15-20(2)18/h16-17H,3-15H2,1-2H3. The number of hydrogen-bond donors (Lipinski definition) is 1. The van der Waals surface area contributed by atoms with Crippen molar-refractivity contribution in [3.8, 4) is 0 Å². The second-order valence-electron chi connectivity index (χ2n) is 5.65. The number of rotatable bonds is 15. The van der Waals surface area contributed by atoms with Crippen LogP contribution in [0.15, 0.2) is 0 Å². The normalized spacial score (nSPS) is 14.3. The first-order valence-corrected chi connectivity index (χ1v) is 9.95. The lowest BCUT2D eigenvalue weighted by Gasteiger charge is -2.09. The van der Waals surface area contributed by atoms with Gasteiger partial charge in [-0.25, -0.2) is 0 Å². The second-order valence-corrected chi connectivity index (χ2v) is 7.13. The third kappa shape index (κ3) is 16.1. The van der Waals surface area contributed by atoms with E-state index in [1.807, 2.05) is 0 Å². The average Bonchev–Trinajstić information content (AvgIpc) is 2.39. The van der Waals surface area contributed by atoms with E-state index in [0.29, 0.717) is 19.0 Å². The lowest BCUT2D eigenvalue weighted by molar-refractivity contribution is 0.0464. The molecule has 3 nitrogen and oxygen atoms in total. The summed E-state index contributed by atoms with van der Waals surface area (Å²) in [5.74, 6) is 0.317. The van der Waals surface area contributed by atoms with E-state index in [1.165, 1.54) is 57.8 Å². The van der Waals surface area contributed by atoms with Crippen LogP contribution in [-0.4, -0.2) is 40.6 Å². The van der Waals surface area contributed by atoms with Crippen LogP contribution in [0.4, 0.5) is 0 Å². The molecule has 0 heterocycles. The Morgan fingerprint density at radius 3 is 1.95 bits per heavy atom. The van der Waals surface area contributed by atoms with Crippen molar-refractivity contribution in [1.82, 2.24) is 0 Å². The monoisotopic (exact) mass is 306 g/mol. The van der Waals surface area contributed by atoms with Crippen LogP contribution in [0.3, 0.4) is 0 Å². The Bertz CT molecular complexity index is 222. The van der Waals surface area contributed by atoms with E-state index in [9.17, 15) is 9.32 Å². The maximum Gasteiger partial charge on any atom is 0.0888 e. The molecule has 0 aliphatic carbocycles. The highest BCUT2D eigenvalue weighted by Gasteiger charge is 2.05. The largest absolute Gasteiger partial charge is 0.390 e. The number of hydrogen-bond acceptors (Lipinski definition) is 3. The average molecular weight is 307 g/mol. The summed E-state index contributed by atoms with van der Waals surface area (Å²) in [6.07, 6.45) is 14.2. The highest BCUT2D eigenvalue weighted by molar-refractivity contribution is 7.84. The summed E-state index contributed by atoms with van der Waals surface area (Å²) >= 11 is 0. The summed E-state index contributed by atoms with van der Waals surface area (Å²) in [6, 6.07) is 0. The van der Waals surface area contributed by atoms with Gasteiger partial charge < -0.3 is 9.84 Å². The molecular formula is C16H34O3S. The summed E-state index contributed by atoms with van der Waals surface area (Å²) in [7, 11) is -0.942.